The minimum Gasteiger partial charge on any atom is -0.385 e. The number of nitrogens with one attached hydrogen (secondary N) is 2. The molecule has 0 spiro atoms. The fourth-order valence-electron chi connectivity index (χ4n) is 3.66. The molecule has 0 aromatic heterocycles. The number of rotatable bonds is 9. The second-order valence-electron chi connectivity index (χ2n) is 8.06. The van der Waals surface area contributed by atoms with Gasteiger partial charge < -0.3 is 20.1 Å². The first-order chi connectivity index (χ1) is 12.0. The van der Waals surface area contributed by atoms with Crippen molar-refractivity contribution in [2.24, 2.45) is 10.4 Å². The Balaban J connectivity index is 1.88. The minimum atomic E-state index is 0.0519. The van der Waals surface area contributed by atoms with Gasteiger partial charge in [-0.25, -0.2) is 0 Å². The molecule has 146 valence electrons. The molecular weight excluding hydrogens is 316 g/mol. The molecule has 0 radical (unpaired) electrons. The second-order valence-corrected chi connectivity index (χ2v) is 8.06. The Morgan fingerprint density at radius 3 is 2.52 bits per heavy atom. The summed E-state index contributed by atoms with van der Waals surface area (Å²) in [7, 11) is 1.79. The minimum absolute atomic E-state index is 0.0519. The van der Waals surface area contributed by atoms with Gasteiger partial charge >= 0.3 is 0 Å². The van der Waals surface area contributed by atoms with E-state index < -0.39 is 0 Å². The van der Waals surface area contributed by atoms with E-state index in [-0.39, 0.29) is 5.54 Å². The average Bonchev–Trinajstić information content (AvgIpc) is 2.59. The molecule has 0 atom stereocenters. The first-order valence-corrected chi connectivity index (χ1v) is 9.85. The topological polar surface area (TPSA) is 58.1 Å². The van der Waals surface area contributed by atoms with E-state index >= 15 is 0 Å². The van der Waals surface area contributed by atoms with Crippen molar-refractivity contribution in [3.63, 3.8) is 0 Å². The van der Waals surface area contributed by atoms with Crippen LogP contribution in [0.5, 0.6) is 0 Å². The van der Waals surface area contributed by atoms with E-state index in [1.807, 2.05) is 0 Å². The number of nitrogens with zero attached hydrogens (tertiary/aromatic N) is 2. The summed E-state index contributed by atoms with van der Waals surface area (Å²) in [5.74, 6) is 0.938. The predicted molar refractivity (Wildman–Crippen MR) is 103 cm³/mol. The van der Waals surface area contributed by atoms with E-state index in [2.05, 4.69) is 36.3 Å². The van der Waals surface area contributed by atoms with Gasteiger partial charge in [0.15, 0.2) is 5.96 Å². The summed E-state index contributed by atoms with van der Waals surface area (Å²) < 4.78 is 10.8. The van der Waals surface area contributed by atoms with Crippen LogP contribution < -0.4 is 10.6 Å². The van der Waals surface area contributed by atoms with Crippen LogP contribution in [0, 0.1) is 5.41 Å². The van der Waals surface area contributed by atoms with Gasteiger partial charge in [-0.05, 0) is 45.4 Å². The second kappa shape index (κ2) is 9.74. The van der Waals surface area contributed by atoms with Crippen LogP contribution in [0.15, 0.2) is 4.99 Å². The normalized spacial score (nSPS) is 21.7. The molecule has 1 saturated heterocycles. The van der Waals surface area contributed by atoms with Gasteiger partial charge in [0.05, 0.1) is 19.8 Å². The first kappa shape index (κ1) is 20.5. The van der Waals surface area contributed by atoms with Gasteiger partial charge in [0.1, 0.15) is 0 Å². The molecule has 0 aromatic rings. The lowest BCUT2D eigenvalue weighted by Crippen LogP contribution is -2.52. The third kappa shape index (κ3) is 6.12. The third-order valence-corrected chi connectivity index (χ3v) is 5.72. The Bertz CT molecular complexity index is 416. The van der Waals surface area contributed by atoms with E-state index in [4.69, 9.17) is 14.5 Å². The maximum absolute atomic E-state index is 5.47. The number of ether oxygens (including phenoxy) is 2. The molecule has 2 fully saturated rings. The molecule has 1 aliphatic heterocycles. The van der Waals surface area contributed by atoms with Crippen molar-refractivity contribution >= 4 is 5.96 Å². The summed E-state index contributed by atoms with van der Waals surface area (Å²) in [5.41, 5.74) is 0.447. The maximum Gasteiger partial charge on any atom is 0.191 e. The highest BCUT2D eigenvalue weighted by Gasteiger charge is 2.36. The van der Waals surface area contributed by atoms with Gasteiger partial charge in [-0.2, -0.15) is 0 Å². The molecule has 25 heavy (non-hydrogen) atoms. The van der Waals surface area contributed by atoms with E-state index in [1.165, 1.54) is 19.3 Å². The molecule has 6 nitrogen and oxygen atoms in total. The summed E-state index contributed by atoms with van der Waals surface area (Å²) in [6.07, 6.45) is 5.06. The number of morpholine rings is 1. The van der Waals surface area contributed by atoms with Crippen molar-refractivity contribution in [1.82, 2.24) is 15.5 Å². The van der Waals surface area contributed by atoms with Crippen LogP contribution in [0.3, 0.4) is 0 Å². The van der Waals surface area contributed by atoms with E-state index in [1.54, 1.807) is 7.11 Å². The quantitative estimate of drug-likeness (QED) is 0.489. The van der Waals surface area contributed by atoms with Crippen molar-refractivity contribution in [2.75, 3.05) is 59.7 Å². The van der Waals surface area contributed by atoms with Gasteiger partial charge in [0.2, 0.25) is 0 Å². The number of aliphatic imine (C=N–C) groups is 1. The smallest absolute Gasteiger partial charge is 0.191 e. The van der Waals surface area contributed by atoms with Crippen molar-refractivity contribution in [3.8, 4) is 0 Å². The molecule has 0 aromatic carbocycles. The van der Waals surface area contributed by atoms with E-state index in [0.717, 1.165) is 64.9 Å². The maximum atomic E-state index is 5.47. The number of guanidine groups is 1. The van der Waals surface area contributed by atoms with Crippen LogP contribution in [-0.4, -0.2) is 76.1 Å². The molecule has 0 amide bonds. The van der Waals surface area contributed by atoms with Crippen LogP contribution in [-0.2, 0) is 9.47 Å². The zero-order valence-corrected chi connectivity index (χ0v) is 16.7. The molecule has 1 heterocycles. The summed E-state index contributed by atoms with van der Waals surface area (Å²) >= 11 is 0. The zero-order valence-electron chi connectivity index (χ0n) is 16.7. The molecule has 2 N–H and O–H groups in total. The highest BCUT2D eigenvalue weighted by atomic mass is 16.5. The number of methoxy groups -OCH3 is 1. The van der Waals surface area contributed by atoms with E-state index in [0.29, 0.717) is 5.41 Å². The van der Waals surface area contributed by atoms with Crippen LogP contribution in [0.4, 0.5) is 0 Å². The summed E-state index contributed by atoms with van der Waals surface area (Å²) in [4.78, 5) is 7.36. The van der Waals surface area contributed by atoms with Crippen molar-refractivity contribution < 1.29 is 9.47 Å². The van der Waals surface area contributed by atoms with Crippen molar-refractivity contribution in [3.05, 3.63) is 0 Å². The Kier molecular flexibility index (Phi) is 7.97. The predicted octanol–water partition coefficient (Wildman–Crippen LogP) is 1.86. The monoisotopic (exact) mass is 354 g/mol. The summed E-state index contributed by atoms with van der Waals surface area (Å²) in [6.45, 7) is 13.8. The molecule has 2 rings (SSSR count). The number of hydrogen-bond donors (Lipinski definition) is 2. The van der Waals surface area contributed by atoms with Crippen molar-refractivity contribution in [2.45, 2.75) is 52.0 Å². The molecule has 0 bridgehead atoms. The van der Waals surface area contributed by atoms with Crippen LogP contribution in [0.1, 0.15) is 46.5 Å². The lowest BCUT2D eigenvalue weighted by Gasteiger charge is -2.42. The largest absolute Gasteiger partial charge is 0.385 e. The van der Waals surface area contributed by atoms with Crippen LogP contribution in [0.25, 0.3) is 0 Å². The third-order valence-electron chi connectivity index (χ3n) is 5.72. The van der Waals surface area contributed by atoms with Crippen molar-refractivity contribution in [1.29, 1.82) is 0 Å². The Labute approximate surface area is 153 Å². The Morgan fingerprint density at radius 2 is 1.96 bits per heavy atom. The fraction of sp³-hybridized carbons (Fsp3) is 0.947. The highest BCUT2D eigenvalue weighted by Crippen LogP contribution is 2.43. The lowest BCUT2D eigenvalue weighted by molar-refractivity contribution is -0.00685. The van der Waals surface area contributed by atoms with Crippen LogP contribution >= 0.6 is 0 Å². The fourth-order valence-corrected chi connectivity index (χ4v) is 3.66. The molecule has 0 unspecified atom stereocenters. The van der Waals surface area contributed by atoms with Gasteiger partial charge in [0.25, 0.3) is 0 Å². The first-order valence-electron chi connectivity index (χ1n) is 9.85. The zero-order chi connectivity index (χ0) is 18.2. The number of hydrogen-bond acceptors (Lipinski definition) is 4. The van der Waals surface area contributed by atoms with E-state index in [9.17, 15) is 0 Å². The van der Waals surface area contributed by atoms with Gasteiger partial charge in [0, 0.05) is 45.4 Å². The van der Waals surface area contributed by atoms with Gasteiger partial charge in [-0.1, -0.05) is 6.42 Å². The molecular formula is C19H38N4O2. The molecule has 2 aliphatic rings. The molecule has 6 heteroatoms. The highest BCUT2D eigenvalue weighted by molar-refractivity contribution is 5.79. The van der Waals surface area contributed by atoms with Gasteiger partial charge in [-0.3, -0.25) is 9.89 Å². The average molecular weight is 355 g/mol. The molecule has 1 saturated carbocycles. The van der Waals surface area contributed by atoms with Crippen LogP contribution in [0.2, 0.25) is 0 Å². The summed E-state index contributed by atoms with van der Waals surface area (Å²) in [6, 6.07) is 0. The SMILES string of the molecule is CCNC(=NCC(C)(C)N1CCOCC1)NCC1(CCOC)CCC1. The summed E-state index contributed by atoms with van der Waals surface area (Å²) in [5, 5.41) is 6.99. The van der Waals surface area contributed by atoms with Gasteiger partial charge in [-0.15, -0.1) is 0 Å². The standard InChI is InChI=1S/C19H38N4O2/c1-5-20-17(22-16-19(7-6-8-19)9-12-24-4)21-15-18(2,3)23-10-13-25-14-11-23/h5-16H2,1-4H3,(H2,20,21,22). The Morgan fingerprint density at radius 1 is 1.24 bits per heavy atom. The lowest BCUT2D eigenvalue weighted by atomic mass is 9.67. The molecule has 1 aliphatic carbocycles. The Hall–Kier alpha value is -0.850.